The van der Waals surface area contributed by atoms with E-state index in [9.17, 15) is 17.7 Å². The van der Waals surface area contributed by atoms with E-state index in [1.165, 1.54) is 0 Å². The molecule has 12 heavy (non-hydrogen) atoms. The third kappa shape index (κ3) is 8.76. The van der Waals surface area contributed by atoms with Gasteiger partial charge in [0.2, 0.25) is 0 Å². The van der Waals surface area contributed by atoms with Crippen LogP contribution in [0.5, 0.6) is 0 Å². The van der Waals surface area contributed by atoms with E-state index in [2.05, 4.69) is 9.05 Å². The summed E-state index contributed by atoms with van der Waals surface area (Å²) in [5.41, 5.74) is 0. The standard InChI is InChI=1S/C3H6F3O4P.Mg.2H/c1-9-11(7,8)10-2-3(4,5)6;;;/h2H2,1H3,(H,7,8);;;/q;+2;2*-1. The topological polar surface area (TPSA) is 55.8 Å². The van der Waals surface area contributed by atoms with Crippen LogP contribution in [-0.2, 0) is 13.6 Å². The normalized spacial score (nSPS) is 16.4. The van der Waals surface area contributed by atoms with Gasteiger partial charge in [0, 0.05) is 7.11 Å². The number of halogens is 3. The number of hydrogen-bond acceptors (Lipinski definition) is 3. The van der Waals surface area contributed by atoms with Crippen molar-refractivity contribution in [3.63, 3.8) is 0 Å². The van der Waals surface area contributed by atoms with Crippen molar-refractivity contribution in [1.29, 1.82) is 0 Å². The molecular weight excluding hydrogens is 212 g/mol. The van der Waals surface area contributed by atoms with Gasteiger partial charge in [-0.05, 0) is 0 Å². The second-order valence-corrected chi connectivity index (χ2v) is 3.10. The van der Waals surface area contributed by atoms with Gasteiger partial charge in [-0.2, -0.15) is 13.2 Å². The maximum Gasteiger partial charge on any atom is 2.00 e. The van der Waals surface area contributed by atoms with E-state index < -0.39 is 20.6 Å². The fraction of sp³-hybridized carbons (Fsp3) is 1.00. The van der Waals surface area contributed by atoms with Crippen molar-refractivity contribution >= 4 is 30.9 Å². The predicted molar refractivity (Wildman–Crippen MR) is 36.8 cm³/mol. The van der Waals surface area contributed by atoms with Gasteiger partial charge in [0.15, 0.2) is 6.61 Å². The summed E-state index contributed by atoms with van der Waals surface area (Å²) >= 11 is 0. The Bertz CT molecular complexity index is 180. The van der Waals surface area contributed by atoms with Crippen LogP contribution in [0.3, 0.4) is 0 Å². The van der Waals surface area contributed by atoms with Crippen LogP contribution in [0.1, 0.15) is 2.85 Å². The Morgan fingerprint density at radius 3 is 2.25 bits per heavy atom. The Morgan fingerprint density at radius 2 is 2.00 bits per heavy atom. The van der Waals surface area contributed by atoms with E-state index in [4.69, 9.17) is 4.89 Å². The molecule has 0 aliphatic heterocycles. The molecule has 0 aromatic heterocycles. The van der Waals surface area contributed by atoms with Gasteiger partial charge in [-0.3, -0.25) is 9.05 Å². The monoisotopic (exact) mass is 220 g/mol. The molecule has 9 heteroatoms. The molecule has 72 valence electrons. The van der Waals surface area contributed by atoms with Gasteiger partial charge >= 0.3 is 37.1 Å². The van der Waals surface area contributed by atoms with Crippen LogP contribution >= 0.6 is 7.82 Å². The van der Waals surface area contributed by atoms with E-state index in [0.29, 0.717) is 0 Å². The molecule has 0 aromatic carbocycles. The number of phosphoric ester groups is 1. The number of hydrogen-bond donors (Lipinski definition) is 1. The third-order valence-electron chi connectivity index (χ3n) is 0.622. The van der Waals surface area contributed by atoms with Crippen LogP contribution in [-0.4, -0.2) is 47.8 Å². The third-order valence-corrected chi connectivity index (χ3v) is 1.54. The largest absolute Gasteiger partial charge is 2.00 e. The molecule has 1 N–H and O–H groups in total. The van der Waals surface area contributed by atoms with Gasteiger partial charge < -0.3 is 7.75 Å². The zero-order valence-electron chi connectivity index (χ0n) is 8.17. The van der Waals surface area contributed by atoms with Crippen LogP contribution in [0, 0.1) is 0 Å². The molecule has 0 saturated carbocycles. The van der Waals surface area contributed by atoms with Crippen molar-refractivity contribution in [2.75, 3.05) is 13.7 Å². The van der Waals surface area contributed by atoms with Gasteiger partial charge in [0.05, 0.1) is 0 Å². The van der Waals surface area contributed by atoms with Gasteiger partial charge in [-0.1, -0.05) is 0 Å². The molecule has 0 aromatic rings. The van der Waals surface area contributed by atoms with Crippen LogP contribution in [0.15, 0.2) is 0 Å². The van der Waals surface area contributed by atoms with Crippen LogP contribution in [0.25, 0.3) is 0 Å². The first-order valence-electron chi connectivity index (χ1n) is 2.37. The first-order valence-corrected chi connectivity index (χ1v) is 3.86. The minimum atomic E-state index is -4.63. The number of rotatable bonds is 3. The Labute approximate surface area is 85.8 Å². The molecule has 4 nitrogen and oxygen atoms in total. The zero-order chi connectivity index (χ0) is 9.12. The summed E-state index contributed by atoms with van der Waals surface area (Å²) in [7, 11) is -3.71. The van der Waals surface area contributed by atoms with Gasteiger partial charge in [-0.25, -0.2) is 4.57 Å². The van der Waals surface area contributed by atoms with Gasteiger partial charge in [0.25, 0.3) is 0 Å². The zero-order valence-corrected chi connectivity index (χ0v) is 8.48. The molecule has 0 saturated heterocycles. The second kappa shape index (κ2) is 5.41. The minimum absolute atomic E-state index is 0. The van der Waals surface area contributed by atoms with Crippen molar-refractivity contribution in [3.05, 3.63) is 0 Å². The molecule has 0 aliphatic rings. The van der Waals surface area contributed by atoms with Crippen LogP contribution in [0.4, 0.5) is 13.2 Å². The molecule has 0 spiro atoms. The average Bonchev–Trinajstić information content (AvgIpc) is 1.83. The smallest absolute Gasteiger partial charge is 1.00 e. The van der Waals surface area contributed by atoms with E-state index in [1.807, 2.05) is 0 Å². The molecule has 1 atom stereocenters. The molecule has 0 radical (unpaired) electrons. The minimum Gasteiger partial charge on any atom is -1.00 e. The van der Waals surface area contributed by atoms with Crippen molar-refractivity contribution in [2.24, 2.45) is 0 Å². The van der Waals surface area contributed by atoms with Crippen molar-refractivity contribution in [1.82, 2.24) is 0 Å². The van der Waals surface area contributed by atoms with Gasteiger partial charge in [0.1, 0.15) is 0 Å². The second-order valence-electron chi connectivity index (χ2n) is 1.54. The maximum atomic E-state index is 11.3. The Hall–Kier alpha value is 0.666. The van der Waals surface area contributed by atoms with E-state index in [1.54, 1.807) is 0 Å². The van der Waals surface area contributed by atoms with Crippen LogP contribution in [0.2, 0.25) is 0 Å². The van der Waals surface area contributed by atoms with Crippen molar-refractivity contribution < 1.29 is 34.5 Å². The predicted octanol–water partition coefficient (Wildman–Crippen LogP) is 1.16. The van der Waals surface area contributed by atoms with E-state index >= 15 is 0 Å². The Morgan fingerprint density at radius 1 is 1.58 bits per heavy atom. The van der Waals surface area contributed by atoms with E-state index in [0.717, 1.165) is 7.11 Å². The van der Waals surface area contributed by atoms with Crippen molar-refractivity contribution in [2.45, 2.75) is 6.18 Å². The summed E-state index contributed by atoms with van der Waals surface area (Å²) in [5, 5.41) is 0. The summed E-state index contributed by atoms with van der Waals surface area (Å²) in [6.07, 6.45) is -4.63. The SMILES string of the molecule is COP(=O)(O)OCC(F)(F)F.[H-].[H-].[Mg+2]. The van der Waals surface area contributed by atoms with E-state index in [-0.39, 0.29) is 25.9 Å². The van der Waals surface area contributed by atoms with Gasteiger partial charge in [-0.15, -0.1) is 0 Å². The summed E-state index contributed by atoms with van der Waals surface area (Å²) in [6.45, 7) is -1.80. The first-order chi connectivity index (χ1) is 4.77. The number of phosphoric acid groups is 1. The molecule has 0 aliphatic carbocycles. The van der Waals surface area contributed by atoms with Crippen molar-refractivity contribution in [3.8, 4) is 0 Å². The average molecular weight is 220 g/mol. The summed E-state index contributed by atoms with van der Waals surface area (Å²) < 4.78 is 51.4. The quantitative estimate of drug-likeness (QED) is 0.573. The fourth-order valence-electron chi connectivity index (χ4n) is 0.207. The summed E-state index contributed by atoms with van der Waals surface area (Å²) in [5.74, 6) is 0. The fourth-order valence-corrected chi connectivity index (χ4v) is 0.622. The molecular formula is C3H8F3MgO4P. The molecule has 1 unspecified atom stereocenters. The maximum absolute atomic E-state index is 11.3. The number of alkyl halides is 3. The first kappa shape index (κ1) is 15.2. The summed E-state index contributed by atoms with van der Waals surface area (Å²) in [4.78, 5) is 8.30. The Balaban J connectivity index is -0.000000167. The summed E-state index contributed by atoms with van der Waals surface area (Å²) in [6, 6.07) is 0. The Kier molecular flexibility index (Phi) is 6.83. The molecule has 0 heterocycles. The molecule has 0 fully saturated rings. The molecule has 0 rings (SSSR count). The molecule has 0 bridgehead atoms. The van der Waals surface area contributed by atoms with Crippen LogP contribution < -0.4 is 0 Å². The molecule has 0 amide bonds.